The lowest BCUT2D eigenvalue weighted by Crippen LogP contribution is -2.51. The lowest BCUT2D eigenvalue weighted by atomic mass is 9.76. The predicted octanol–water partition coefficient (Wildman–Crippen LogP) is 4.43. The number of benzene rings is 1. The molecule has 4 atom stereocenters. The van der Waals surface area contributed by atoms with Crippen LogP contribution in [0.25, 0.3) is 16.6 Å². The van der Waals surface area contributed by atoms with E-state index in [1.54, 1.807) is 4.52 Å². The lowest BCUT2D eigenvalue weighted by Gasteiger charge is -2.46. The second-order valence-electron chi connectivity index (χ2n) is 13.8. The Balaban J connectivity index is 1.06. The minimum Gasteiger partial charge on any atom is -0.390 e. The first-order valence-electron chi connectivity index (χ1n) is 15.2. The number of nitrogens with two attached hydrogens (primary N) is 1. The molecule has 41 heavy (non-hydrogen) atoms. The van der Waals surface area contributed by atoms with Crippen LogP contribution in [-0.4, -0.2) is 70.5 Å². The van der Waals surface area contributed by atoms with Crippen LogP contribution in [0.4, 0.5) is 5.82 Å². The maximum absolute atomic E-state index is 11.1. The Morgan fingerprint density at radius 1 is 1.10 bits per heavy atom. The smallest absolute Gasteiger partial charge is 0.151 e. The minimum atomic E-state index is -0.833. The van der Waals surface area contributed by atoms with Crippen molar-refractivity contribution in [2.75, 3.05) is 12.3 Å². The number of nitrogens with zero attached hydrogens (tertiary/aromatic N) is 5. The van der Waals surface area contributed by atoms with E-state index < -0.39 is 12.2 Å². The van der Waals surface area contributed by atoms with Crippen molar-refractivity contribution in [2.24, 2.45) is 11.8 Å². The number of aliphatic hydroxyl groups is 2. The lowest BCUT2D eigenvalue weighted by molar-refractivity contribution is -0.0151. The van der Waals surface area contributed by atoms with Gasteiger partial charge in [-0.3, -0.25) is 4.90 Å². The molecule has 0 saturated heterocycles. The van der Waals surface area contributed by atoms with Crippen molar-refractivity contribution < 1.29 is 10.2 Å². The maximum atomic E-state index is 11.1. The molecule has 3 heterocycles. The third-order valence-electron chi connectivity index (χ3n) is 9.67. The number of aliphatic hydroxyl groups excluding tert-OH is 2. The molecule has 2 aliphatic carbocycles. The largest absolute Gasteiger partial charge is 0.390 e. The maximum Gasteiger partial charge on any atom is 0.151 e. The highest BCUT2D eigenvalue weighted by Gasteiger charge is 2.45. The first-order valence-corrected chi connectivity index (χ1v) is 15.2. The zero-order valence-electron chi connectivity index (χ0n) is 25.0. The van der Waals surface area contributed by atoms with Gasteiger partial charge >= 0.3 is 0 Å². The minimum absolute atomic E-state index is 0.00489. The summed E-state index contributed by atoms with van der Waals surface area (Å²) in [5.74, 6) is 1.97. The number of hydrogen-bond acceptors (Lipinski definition) is 7. The molecule has 220 valence electrons. The van der Waals surface area contributed by atoms with Gasteiger partial charge in [-0.25, -0.2) is 14.5 Å². The summed E-state index contributed by atoms with van der Waals surface area (Å²) in [5, 5.41) is 26.5. The molecule has 9 heteroatoms. The molecule has 2 aliphatic rings. The molecule has 0 spiro atoms. The van der Waals surface area contributed by atoms with E-state index in [1.807, 2.05) is 12.1 Å². The Morgan fingerprint density at radius 2 is 1.88 bits per heavy atom. The van der Waals surface area contributed by atoms with Gasteiger partial charge in [0.2, 0.25) is 0 Å². The topological polar surface area (TPSA) is 129 Å². The molecule has 5 N–H and O–H groups in total. The van der Waals surface area contributed by atoms with Gasteiger partial charge in [0.1, 0.15) is 17.7 Å². The summed E-state index contributed by atoms with van der Waals surface area (Å²) in [6.07, 6.45) is 4.98. The normalized spacial score (nSPS) is 27.0. The quantitative estimate of drug-likeness (QED) is 0.251. The molecule has 0 bridgehead atoms. The van der Waals surface area contributed by atoms with E-state index in [2.05, 4.69) is 72.8 Å². The molecule has 2 saturated carbocycles. The predicted molar refractivity (Wildman–Crippen MR) is 162 cm³/mol. The highest BCUT2D eigenvalue weighted by molar-refractivity contribution is 5.76. The van der Waals surface area contributed by atoms with E-state index in [-0.39, 0.29) is 17.3 Å². The SMILES string of the molecule is CC(C)N(C[C@H]1C[C@@H](c2ccc3c(N)ncnn23)[C@H](O)[C@@H]1O)C1CC(CCc2nc3ccc(C(C)(C)C)cc3[nH]2)C1. The number of nitrogen functional groups attached to an aromatic ring is 1. The second kappa shape index (κ2) is 10.7. The number of nitrogens with one attached hydrogen (secondary N) is 1. The van der Waals surface area contributed by atoms with Crippen LogP contribution >= 0.6 is 0 Å². The third-order valence-corrected chi connectivity index (χ3v) is 9.67. The van der Waals surface area contributed by atoms with E-state index in [0.717, 1.165) is 47.5 Å². The van der Waals surface area contributed by atoms with Gasteiger partial charge in [-0.1, -0.05) is 26.8 Å². The fraction of sp³-hybridized carbons (Fsp3) is 0.594. The first-order chi connectivity index (χ1) is 19.5. The molecule has 2 fully saturated rings. The van der Waals surface area contributed by atoms with Crippen LogP contribution in [0, 0.1) is 11.8 Å². The van der Waals surface area contributed by atoms with Gasteiger partial charge in [-0.2, -0.15) is 5.10 Å². The van der Waals surface area contributed by atoms with Crippen molar-refractivity contribution in [2.45, 2.75) is 102 Å². The number of imidazole rings is 1. The average molecular weight is 560 g/mol. The fourth-order valence-electron chi connectivity index (χ4n) is 7.10. The molecule has 0 aliphatic heterocycles. The van der Waals surface area contributed by atoms with Crippen molar-refractivity contribution in [3.05, 3.63) is 53.7 Å². The Morgan fingerprint density at radius 3 is 2.61 bits per heavy atom. The molecule has 0 amide bonds. The highest BCUT2D eigenvalue weighted by Crippen LogP contribution is 2.42. The van der Waals surface area contributed by atoms with Gasteiger partial charge in [0.15, 0.2) is 5.82 Å². The Kier molecular flexibility index (Phi) is 7.32. The van der Waals surface area contributed by atoms with Crippen molar-refractivity contribution in [1.29, 1.82) is 0 Å². The summed E-state index contributed by atoms with van der Waals surface area (Å²) in [6.45, 7) is 12.0. The summed E-state index contributed by atoms with van der Waals surface area (Å²) in [6, 6.07) is 11.3. The summed E-state index contributed by atoms with van der Waals surface area (Å²) in [7, 11) is 0. The van der Waals surface area contributed by atoms with Crippen molar-refractivity contribution in [3.63, 3.8) is 0 Å². The molecule has 4 aromatic rings. The number of aromatic amines is 1. The van der Waals surface area contributed by atoms with E-state index in [1.165, 1.54) is 24.7 Å². The van der Waals surface area contributed by atoms with Gasteiger partial charge < -0.3 is 20.9 Å². The van der Waals surface area contributed by atoms with Gasteiger partial charge in [-0.15, -0.1) is 0 Å². The molecule has 0 radical (unpaired) electrons. The number of anilines is 1. The van der Waals surface area contributed by atoms with Crippen LogP contribution in [0.15, 0.2) is 36.7 Å². The van der Waals surface area contributed by atoms with Gasteiger partial charge in [0.25, 0.3) is 0 Å². The van der Waals surface area contributed by atoms with E-state index >= 15 is 0 Å². The summed E-state index contributed by atoms with van der Waals surface area (Å²) >= 11 is 0. The van der Waals surface area contributed by atoms with Crippen LogP contribution in [0.5, 0.6) is 0 Å². The Bertz CT molecular complexity index is 1510. The van der Waals surface area contributed by atoms with Gasteiger partial charge in [0, 0.05) is 42.6 Å². The van der Waals surface area contributed by atoms with Crippen LogP contribution in [0.3, 0.4) is 0 Å². The van der Waals surface area contributed by atoms with Crippen LogP contribution < -0.4 is 5.73 Å². The molecule has 3 aromatic heterocycles. The van der Waals surface area contributed by atoms with E-state index in [0.29, 0.717) is 30.2 Å². The second-order valence-corrected chi connectivity index (χ2v) is 13.8. The molecular weight excluding hydrogens is 514 g/mol. The summed E-state index contributed by atoms with van der Waals surface area (Å²) in [5.41, 5.74) is 11.2. The molecule has 1 aromatic carbocycles. The van der Waals surface area contributed by atoms with Crippen molar-refractivity contribution in [1.82, 2.24) is 29.5 Å². The Hall–Kier alpha value is -3.01. The number of aryl methyl sites for hydroxylation is 1. The number of rotatable bonds is 8. The van der Waals surface area contributed by atoms with Crippen LogP contribution in [-0.2, 0) is 11.8 Å². The standard InChI is InChI=1S/C32H45N7O2/c1-18(2)38(16-20-14-23(30(41)29(20)40)26-9-10-27-31(33)34-17-35-39(26)27)22-12-19(13-22)6-11-28-36-24-8-7-21(32(3,4)5)15-25(24)37-28/h7-10,15,17-20,22-23,29-30,40-41H,6,11-14,16H2,1-5H3,(H,36,37)(H2,33,34,35)/t19?,20-,22?,23+,29-,30+/m1/s1. The number of hydrogen-bond donors (Lipinski definition) is 4. The third kappa shape index (κ3) is 5.35. The van der Waals surface area contributed by atoms with E-state index in [9.17, 15) is 10.2 Å². The molecular formula is C32H45N7O2. The zero-order chi connectivity index (χ0) is 29.1. The summed E-state index contributed by atoms with van der Waals surface area (Å²) < 4.78 is 1.76. The van der Waals surface area contributed by atoms with Crippen LogP contribution in [0.1, 0.15) is 83.3 Å². The zero-order valence-corrected chi connectivity index (χ0v) is 25.0. The number of fused-ring (bicyclic) bond motifs is 2. The first kappa shape index (κ1) is 28.1. The molecule has 6 rings (SSSR count). The van der Waals surface area contributed by atoms with Gasteiger partial charge in [-0.05, 0) is 80.7 Å². The summed E-state index contributed by atoms with van der Waals surface area (Å²) in [4.78, 5) is 15.0. The monoisotopic (exact) mass is 559 g/mol. The van der Waals surface area contributed by atoms with Crippen molar-refractivity contribution in [3.8, 4) is 0 Å². The average Bonchev–Trinajstić information content (AvgIpc) is 3.58. The Labute approximate surface area is 242 Å². The van der Waals surface area contributed by atoms with E-state index in [4.69, 9.17) is 10.7 Å². The van der Waals surface area contributed by atoms with Crippen molar-refractivity contribution >= 4 is 22.4 Å². The molecule has 9 nitrogen and oxygen atoms in total. The highest BCUT2D eigenvalue weighted by atomic mass is 16.3. The fourth-order valence-corrected chi connectivity index (χ4v) is 7.10. The number of H-pyrrole nitrogens is 1. The number of aromatic nitrogens is 5. The van der Waals surface area contributed by atoms with Gasteiger partial charge in [0.05, 0.1) is 23.2 Å². The molecule has 0 unspecified atom stereocenters. The van der Waals surface area contributed by atoms with Crippen LogP contribution in [0.2, 0.25) is 0 Å².